The van der Waals surface area contributed by atoms with Crippen LogP contribution in [0.3, 0.4) is 0 Å². The smallest absolute Gasteiger partial charge is 0.294 e. The highest BCUT2D eigenvalue weighted by atomic mass is 32.2. The molecule has 0 aliphatic carbocycles. The first-order chi connectivity index (χ1) is 27.6. The van der Waals surface area contributed by atoms with Gasteiger partial charge in [0.2, 0.25) is 0 Å². The van der Waals surface area contributed by atoms with Crippen LogP contribution in [0.15, 0.2) is 170 Å². The Morgan fingerprint density at radius 2 is 0.655 bits per heavy atom. The summed E-state index contributed by atoms with van der Waals surface area (Å²) in [6.45, 7) is 1.90. The van der Waals surface area contributed by atoms with E-state index in [0.29, 0.717) is 39.8 Å². The van der Waals surface area contributed by atoms with Gasteiger partial charge >= 0.3 is 0 Å². The fourth-order valence-electron chi connectivity index (χ4n) is 5.09. The molecular formula is C40H31N7O9S2. The number of anilines is 3. The van der Waals surface area contributed by atoms with Crippen LogP contribution in [0.5, 0.6) is 0 Å². The third-order valence-electron chi connectivity index (χ3n) is 8.11. The maximum Gasteiger partial charge on any atom is 0.294 e. The van der Waals surface area contributed by atoms with Crippen LogP contribution in [-0.4, -0.2) is 43.7 Å². The molecule has 18 heteroatoms. The van der Waals surface area contributed by atoms with Crippen molar-refractivity contribution >= 4 is 77.8 Å². The van der Waals surface area contributed by atoms with Gasteiger partial charge in [0.15, 0.2) is 0 Å². The quantitative estimate of drug-likeness (QED) is 0.0583. The Balaban J connectivity index is 1.17. The molecule has 0 atom stereocenters. The lowest BCUT2D eigenvalue weighted by molar-refractivity contribution is 0.102. The molecule has 5 N–H and O–H groups in total. The summed E-state index contributed by atoms with van der Waals surface area (Å²) >= 11 is 0. The first-order valence-corrected chi connectivity index (χ1v) is 19.8. The third-order valence-corrected chi connectivity index (χ3v) is 9.85. The van der Waals surface area contributed by atoms with Crippen LogP contribution in [0.1, 0.15) is 36.6 Å². The topological polar surface area (TPSA) is 245 Å². The number of azo groups is 2. The van der Waals surface area contributed by atoms with E-state index in [0.717, 1.165) is 5.56 Å². The van der Waals surface area contributed by atoms with E-state index in [1.807, 2.05) is 19.1 Å². The van der Waals surface area contributed by atoms with E-state index < -0.39 is 38.0 Å². The SMILES string of the molecule is Cc1ccc(NC(=O)c2cc(C(=O)Nc3ccc(N=Nc4ccc(S(=O)(=O)O)cc4)cc3)cc(C(=O)Nc3ccc(N=Nc4ccc(S(=O)(=O)O)cc4)cc3)c2)cc1. The average molecular weight is 818 g/mol. The van der Waals surface area contributed by atoms with Gasteiger partial charge in [0, 0.05) is 33.8 Å². The second-order valence-electron chi connectivity index (χ2n) is 12.5. The zero-order valence-electron chi connectivity index (χ0n) is 30.1. The van der Waals surface area contributed by atoms with Crippen molar-refractivity contribution in [2.24, 2.45) is 20.5 Å². The number of carbonyl (C=O) groups is 3. The van der Waals surface area contributed by atoms with Crippen molar-refractivity contribution in [3.05, 3.63) is 162 Å². The Kier molecular flexibility index (Phi) is 12.0. The summed E-state index contributed by atoms with van der Waals surface area (Å²) < 4.78 is 63.3. The van der Waals surface area contributed by atoms with Crippen molar-refractivity contribution < 1.29 is 40.3 Å². The standard InChI is InChI=1S/C40H31N7O9S2/c1-25-2-4-29(5-3-25)41-38(48)26-22-27(39(49)42-30-6-10-32(11-7-30)44-46-34-14-18-36(19-15-34)57(51,52)53)24-28(23-26)40(50)43-31-8-12-33(13-9-31)45-47-35-16-20-37(21-17-35)58(54,55)56/h2-24H,1H3,(H,41,48)(H,42,49)(H,43,50)(H,51,52,53)(H,54,55,56). The van der Waals surface area contributed by atoms with Crippen LogP contribution >= 0.6 is 0 Å². The van der Waals surface area contributed by atoms with Crippen molar-refractivity contribution in [3.8, 4) is 0 Å². The molecule has 0 saturated heterocycles. The molecule has 3 amide bonds. The molecule has 0 spiro atoms. The lowest BCUT2D eigenvalue weighted by Gasteiger charge is -2.12. The minimum Gasteiger partial charge on any atom is -0.322 e. The summed E-state index contributed by atoms with van der Waals surface area (Å²) in [4.78, 5) is 39.9. The highest BCUT2D eigenvalue weighted by Gasteiger charge is 2.18. The average Bonchev–Trinajstić information content (AvgIpc) is 3.20. The molecule has 0 saturated carbocycles. The van der Waals surface area contributed by atoms with Crippen molar-refractivity contribution in [2.45, 2.75) is 16.7 Å². The maximum absolute atomic E-state index is 13.5. The minimum absolute atomic E-state index is 0.0131. The number of nitrogens with zero attached hydrogens (tertiary/aromatic N) is 4. The number of rotatable bonds is 12. The number of nitrogens with one attached hydrogen (secondary N) is 3. The van der Waals surface area contributed by atoms with Gasteiger partial charge in [-0.1, -0.05) is 17.7 Å². The molecule has 0 aliphatic heterocycles. The van der Waals surface area contributed by atoms with Crippen molar-refractivity contribution in [3.63, 3.8) is 0 Å². The molecule has 0 unspecified atom stereocenters. The lowest BCUT2D eigenvalue weighted by atomic mass is 10.0. The van der Waals surface area contributed by atoms with Gasteiger partial charge < -0.3 is 16.0 Å². The predicted molar refractivity (Wildman–Crippen MR) is 215 cm³/mol. The minimum atomic E-state index is -4.34. The number of hydrogen-bond acceptors (Lipinski definition) is 11. The van der Waals surface area contributed by atoms with E-state index in [-0.39, 0.29) is 26.5 Å². The number of hydrogen-bond donors (Lipinski definition) is 5. The summed E-state index contributed by atoms with van der Waals surface area (Å²) in [6.07, 6.45) is 0. The Morgan fingerprint density at radius 1 is 0.414 bits per heavy atom. The van der Waals surface area contributed by atoms with Crippen molar-refractivity contribution in [1.82, 2.24) is 0 Å². The number of benzene rings is 6. The van der Waals surface area contributed by atoms with Gasteiger partial charge in [-0.3, -0.25) is 23.5 Å². The van der Waals surface area contributed by atoms with Crippen molar-refractivity contribution in [1.29, 1.82) is 0 Å². The van der Waals surface area contributed by atoms with Crippen LogP contribution in [0.25, 0.3) is 0 Å². The Hall–Kier alpha value is -7.25. The van der Waals surface area contributed by atoms with Gasteiger partial charge in [-0.05, 0) is 134 Å². The molecule has 292 valence electrons. The van der Waals surface area contributed by atoms with Gasteiger partial charge in [0.1, 0.15) is 0 Å². The summed E-state index contributed by atoms with van der Waals surface area (Å²) in [5.74, 6) is -1.79. The van der Waals surface area contributed by atoms with E-state index in [1.54, 1.807) is 60.7 Å². The second-order valence-corrected chi connectivity index (χ2v) is 15.3. The number of amides is 3. The molecule has 0 aliphatic rings. The fourth-order valence-corrected chi connectivity index (χ4v) is 6.05. The normalized spacial score (nSPS) is 11.7. The van der Waals surface area contributed by atoms with Crippen LogP contribution in [0.2, 0.25) is 0 Å². The Bertz CT molecular complexity index is 2620. The summed E-state index contributed by atoms with van der Waals surface area (Å²) in [6, 6.07) is 34.0. The second kappa shape index (κ2) is 17.3. The molecule has 6 aromatic rings. The molecule has 16 nitrogen and oxygen atoms in total. The largest absolute Gasteiger partial charge is 0.322 e. The zero-order chi connectivity index (χ0) is 41.5. The van der Waals surface area contributed by atoms with Gasteiger partial charge in [0.25, 0.3) is 38.0 Å². The number of aryl methyl sites for hydroxylation is 1. The maximum atomic E-state index is 13.5. The van der Waals surface area contributed by atoms with Gasteiger partial charge in [0.05, 0.1) is 32.5 Å². The van der Waals surface area contributed by atoms with Crippen LogP contribution < -0.4 is 16.0 Å². The molecule has 0 bridgehead atoms. The molecule has 6 aromatic carbocycles. The summed E-state index contributed by atoms with van der Waals surface area (Å²) in [5.41, 5.74) is 3.80. The van der Waals surface area contributed by atoms with Crippen LogP contribution in [0.4, 0.5) is 39.8 Å². The van der Waals surface area contributed by atoms with Crippen LogP contribution in [0, 0.1) is 6.92 Å². The van der Waals surface area contributed by atoms with E-state index in [2.05, 4.69) is 36.4 Å². The molecular weight excluding hydrogens is 787 g/mol. The number of carbonyl (C=O) groups excluding carboxylic acids is 3. The monoisotopic (exact) mass is 817 g/mol. The highest BCUT2D eigenvalue weighted by molar-refractivity contribution is 7.86. The molecule has 0 heterocycles. The molecule has 0 fully saturated rings. The Morgan fingerprint density at radius 3 is 0.914 bits per heavy atom. The molecule has 58 heavy (non-hydrogen) atoms. The summed E-state index contributed by atoms with van der Waals surface area (Å²) in [5, 5.41) is 24.5. The molecule has 0 aromatic heterocycles. The molecule has 0 radical (unpaired) electrons. The Labute approximate surface area is 331 Å². The first-order valence-electron chi connectivity index (χ1n) is 16.9. The van der Waals surface area contributed by atoms with Gasteiger partial charge in [-0.15, -0.1) is 0 Å². The van der Waals surface area contributed by atoms with Gasteiger partial charge in [-0.2, -0.15) is 37.3 Å². The predicted octanol–water partition coefficient (Wildman–Crippen LogP) is 9.08. The van der Waals surface area contributed by atoms with E-state index in [9.17, 15) is 31.2 Å². The van der Waals surface area contributed by atoms with E-state index in [4.69, 9.17) is 9.11 Å². The lowest BCUT2D eigenvalue weighted by Crippen LogP contribution is -2.19. The third kappa shape index (κ3) is 11.0. The van der Waals surface area contributed by atoms with Crippen molar-refractivity contribution in [2.75, 3.05) is 16.0 Å². The van der Waals surface area contributed by atoms with E-state index in [1.165, 1.54) is 66.7 Å². The highest BCUT2D eigenvalue weighted by Crippen LogP contribution is 2.25. The van der Waals surface area contributed by atoms with Crippen LogP contribution in [-0.2, 0) is 20.2 Å². The zero-order valence-corrected chi connectivity index (χ0v) is 31.8. The van der Waals surface area contributed by atoms with Gasteiger partial charge in [-0.25, -0.2) is 0 Å². The first kappa shape index (κ1) is 40.4. The van der Waals surface area contributed by atoms with E-state index >= 15 is 0 Å². The molecule has 6 rings (SSSR count). The summed E-state index contributed by atoms with van der Waals surface area (Å²) in [7, 11) is -8.69. The fraction of sp³-hybridized carbons (Fsp3) is 0.0250.